The van der Waals surface area contributed by atoms with E-state index < -0.39 is 41.7 Å². The number of nitrogens with two attached hydrogens (primary N) is 1. The number of carbonyl (C=O) groups excluding carboxylic acids is 4. The highest BCUT2D eigenvalue weighted by atomic mass is 16.6. The largest absolute Gasteiger partial charge is 0.449 e. The Labute approximate surface area is 234 Å². The number of nitrogens with one attached hydrogen (secondary N) is 2. The minimum atomic E-state index is -0.933. The van der Waals surface area contributed by atoms with E-state index in [9.17, 15) is 19.2 Å². The van der Waals surface area contributed by atoms with E-state index in [1.54, 1.807) is 20.8 Å². The number of hydrogen-bond donors (Lipinski definition) is 3. The molecule has 40 heavy (non-hydrogen) atoms. The minimum Gasteiger partial charge on any atom is -0.449 e. The lowest BCUT2D eigenvalue weighted by Gasteiger charge is -2.28. The van der Waals surface area contributed by atoms with Crippen LogP contribution in [0.15, 0.2) is 48.5 Å². The Bertz CT molecular complexity index is 1210. The molecule has 1 fully saturated rings. The van der Waals surface area contributed by atoms with Crippen molar-refractivity contribution in [3.8, 4) is 11.1 Å². The third kappa shape index (κ3) is 6.91. The van der Waals surface area contributed by atoms with Crippen LogP contribution in [0.25, 0.3) is 11.1 Å². The molecule has 2 aromatic rings. The highest BCUT2D eigenvalue weighted by molar-refractivity contribution is 5.91. The molecular weight excluding hydrogens is 512 g/mol. The van der Waals surface area contributed by atoms with Crippen molar-refractivity contribution < 1.29 is 28.7 Å². The van der Waals surface area contributed by atoms with E-state index >= 15 is 0 Å². The predicted octanol–water partition coefficient (Wildman–Crippen LogP) is 3.67. The minimum absolute atomic E-state index is 0.0385. The van der Waals surface area contributed by atoms with E-state index in [1.807, 2.05) is 24.3 Å². The predicted molar refractivity (Wildman–Crippen MR) is 149 cm³/mol. The standard InChI is InChI=1S/C30H38N4O6/c1-30(2,3)40-29(38)34-17-9-15-25(34)27(36)33-24(26(31)35)14-8-16-32-28(37)39-18-23-21-12-6-4-10-19(21)20-11-5-7-13-22(20)23/h4-7,10-13,23-25H,8-9,14-18H2,1-3H3,(H2,31,35)(H,32,37)(H,33,36)/t24?,25-/m0/s1. The van der Waals surface area contributed by atoms with Crippen LogP contribution in [0.5, 0.6) is 0 Å². The Morgan fingerprint density at radius 2 is 1.65 bits per heavy atom. The lowest BCUT2D eigenvalue weighted by atomic mass is 9.98. The van der Waals surface area contributed by atoms with Crippen molar-refractivity contribution in [2.45, 2.75) is 70.1 Å². The number of carbonyl (C=O) groups is 4. The summed E-state index contributed by atoms with van der Waals surface area (Å²) in [7, 11) is 0. The first-order valence-corrected chi connectivity index (χ1v) is 13.7. The second-order valence-corrected chi connectivity index (χ2v) is 11.2. The average Bonchev–Trinajstić information content (AvgIpc) is 3.52. The number of rotatable bonds is 9. The van der Waals surface area contributed by atoms with Gasteiger partial charge in [0.05, 0.1) is 0 Å². The SMILES string of the molecule is CC(C)(C)OC(=O)N1CCC[C@H]1C(=O)NC(CCCNC(=O)OCC1c2ccccc2-c2ccccc21)C(N)=O. The molecule has 1 aliphatic heterocycles. The van der Waals surface area contributed by atoms with Gasteiger partial charge in [-0.25, -0.2) is 9.59 Å². The molecule has 1 saturated heterocycles. The van der Waals surface area contributed by atoms with E-state index in [2.05, 4.69) is 34.9 Å². The van der Waals surface area contributed by atoms with Crippen molar-refractivity contribution in [2.75, 3.05) is 19.7 Å². The quantitative estimate of drug-likeness (QED) is 0.407. The number of amides is 4. The molecule has 4 amide bonds. The lowest BCUT2D eigenvalue weighted by Crippen LogP contribution is -2.53. The third-order valence-corrected chi connectivity index (χ3v) is 7.13. The number of hydrogen-bond acceptors (Lipinski definition) is 6. The van der Waals surface area contributed by atoms with Crippen molar-refractivity contribution in [3.05, 3.63) is 59.7 Å². The van der Waals surface area contributed by atoms with Crippen LogP contribution in [-0.2, 0) is 19.1 Å². The van der Waals surface area contributed by atoms with Crippen LogP contribution < -0.4 is 16.4 Å². The normalized spacial score (nSPS) is 17.0. The molecule has 0 aromatic heterocycles. The molecule has 214 valence electrons. The number of likely N-dealkylation sites (tertiary alicyclic amines) is 1. The second-order valence-electron chi connectivity index (χ2n) is 11.2. The van der Waals surface area contributed by atoms with Crippen LogP contribution >= 0.6 is 0 Å². The molecule has 4 N–H and O–H groups in total. The molecule has 0 bridgehead atoms. The summed E-state index contributed by atoms with van der Waals surface area (Å²) < 4.78 is 10.9. The van der Waals surface area contributed by atoms with Crippen molar-refractivity contribution in [2.24, 2.45) is 5.73 Å². The van der Waals surface area contributed by atoms with Gasteiger partial charge in [0.25, 0.3) is 0 Å². The maximum Gasteiger partial charge on any atom is 0.410 e. The second kappa shape index (κ2) is 12.4. The van der Waals surface area contributed by atoms with Gasteiger partial charge in [-0.15, -0.1) is 0 Å². The molecule has 10 nitrogen and oxygen atoms in total. The first-order valence-electron chi connectivity index (χ1n) is 13.7. The Morgan fingerprint density at radius 3 is 2.25 bits per heavy atom. The fourth-order valence-electron chi connectivity index (χ4n) is 5.28. The Morgan fingerprint density at radius 1 is 1.02 bits per heavy atom. The van der Waals surface area contributed by atoms with Gasteiger partial charge >= 0.3 is 12.2 Å². The Hall–Kier alpha value is -4.08. The topological polar surface area (TPSA) is 140 Å². The van der Waals surface area contributed by atoms with Gasteiger partial charge in [-0.1, -0.05) is 48.5 Å². The van der Waals surface area contributed by atoms with Gasteiger partial charge in [0.2, 0.25) is 11.8 Å². The van der Waals surface area contributed by atoms with Gasteiger partial charge in [0.15, 0.2) is 0 Å². The van der Waals surface area contributed by atoms with Crippen molar-refractivity contribution in [1.29, 1.82) is 0 Å². The number of alkyl carbamates (subject to hydrolysis) is 1. The van der Waals surface area contributed by atoms with E-state index in [-0.39, 0.29) is 25.5 Å². The number of primary amides is 1. The van der Waals surface area contributed by atoms with Gasteiger partial charge < -0.3 is 25.8 Å². The maximum absolute atomic E-state index is 12.9. The summed E-state index contributed by atoms with van der Waals surface area (Å²) >= 11 is 0. The van der Waals surface area contributed by atoms with E-state index in [0.717, 1.165) is 22.3 Å². The highest BCUT2D eigenvalue weighted by Crippen LogP contribution is 2.44. The zero-order valence-electron chi connectivity index (χ0n) is 23.3. The van der Waals surface area contributed by atoms with Crippen LogP contribution in [0.4, 0.5) is 9.59 Å². The van der Waals surface area contributed by atoms with Crippen LogP contribution in [0.1, 0.15) is 63.5 Å². The number of fused-ring (bicyclic) bond motifs is 3. The smallest absolute Gasteiger partial charge is 0.410 e. The number of benzene rings is 2. The lowest BCUT2D eigenvalue weighted by molar-refractivity contribution is -0.130. The molecule has 2 aliphatic rings. The molecule has 2 aromatic carbocycles. The third-order valence-electron chi connectivity index (χ3n) is 7.13. The molecule has 1 heterocycles. The summed E-state index contributed by atoms with van der Waals surface area (Å²) in [5.41, 5.74) is 9.40. The van der Waals surface area contributed by atoms with Crippen molar-refractivity contribution in [3.63, 3.8) is 0 Å². The zero-order chi connectivity index (χ0) is 28.9. The van der Waals surface area contributed by atoms with Gasteiger partial charge in [-0.2, -0.15) is 0 Å². The Balaban J connectivity index is 1.22. The zero-order valence-corrected chi connectivity index (χ0v) is 23.3. The summed E-state index contributed by atoms with van der Waals surface area (Å²) in [6.07, 6.45) is 0.624. The maximum atomic E-state index is 12.9. The molecular formula is C30H38N4O6. The van der Waals surface area contributed by atoms with Crippen LogP contribution in [0.3, 0.4) is 0 Å². The van der Waals surface area contributed by atoms with E-state index in [0.29, 0.717) is 25.8 Å². The van der Waals surface area contributed by atoms with E-state index in [4.69, 9.17) is 15.2 Å². The first-order chi connectivity index (χ1) is 19.0. The van der Waals surface area contributed by atoms with Crippen molar-refractivity contribution in [1.82, 2.24) is 15.5 Å². The average molecular weight is 551 g/mol. The monoisotopic (exact) mass is 550 g/mol. The molecule has 4 rings (SSSR count). The van der Waals surface area contributed by atoms with Crippen LogP contribution in [0, 0.1) is 0 Å². The van der Waals surface area contributed by atoms with Gasteiger partial charge in [0.1, 0.15) is 24.3 Å². The molecule has 1 unspecified atom stereocenters. The van der Waals surface area contributed by atoms with Crippen molar-refractivity contribution >= 4 is 24.0 Å². The summed E-state index contributed by atoms with van der Waals surface area (Å²) in [5, 5.41) is 5.37. The fraction of sp³-hybridized carbons (Fsp3) is 0.467. The van der Waals surface area contributed by atoms with Gasteiger partial charge in [0, 0.05) is 19.0 Å². The van der Waals surface area contributed by atoms with Crippen LogP contribution in [0.2, 0.25) is 0 Å². The van der Waals surface area contributed by atoms with Gasteiger partial charge in [-0.3, -0.25) is 14.5 Å². The molecule has 0 radical (unpaired) electrons. The number of nitrogens with zero attached hydrogens (tertiary/aromatic N) is 1. The number of ether oxygens (including phenoxy) is 2. The summed E-state index contributed by atoms with van der Waals surface area (Å²) in [5.74, 6) is -1.17. The summed E-state index contributed by atoms with van der Waals surface area (Å²) in [4.78, 5) is 51.2. The molecule has 0 saturated carbocycles. The summed E-state index contributed by atoms with van der Waals surface area (Å²) in [6, 6.07) is 14.6. The summed E-state index contributed by atoms with van der Waals surface area (Å²) in [6.45, 7) is 6.12. The first kappa shape index (κ1) is 28.9. The molecule has 2 atom stereocenters. The van der Waals surface area contributed by atoms with Crippen LogP contribution in [-0.4, -0.2) is 66.3 Å². The molecule has 0 spiro atoms. The van der Waals surface area contributed by atoms with E-state index in [1.165, 1.54) is 4.90 Å². The Kier molecular flexibility index (Phi) is 8.96. The highest BCUT2D eigenvalue weighted by Gasteiger charge is 2.37. The van der Waals surface area contributed by atoms with Gasteiger partial charge in [-0.05, 0) is 68.7 Å². The molecule has 1 aliphatic carbocycles. The fourth-order valence-corrected chi connectivity index (χ4v) is 5.28. The molecule has 10 heteroatoms.